The monoisotopic (exact) mass is 238 g/mol. The molecule has 0 spiro atoms. The summed E-state index contributed by atoms with van der Waals surface area (Å²) in [5.74, 6) is 1.76. The van der Waals surface area contributed by atoms with Gasteiger partial charge in [-0.1, -0.05) is 6.92 Å². The molecule has 1 aliphatic carbocycles. The van der Waals surface area contributed by atoms with Gasteiger partial charge in [-0.2, -0.15) is 0 Å². The van der Waals surface area contributed by atoms with Crippen LogP contribution in [0.25, 0.3) is 0 Å². The van der Waals surface area contributed by atoms with Gasteiger partial charge in [0.25, 0.3) is 0 Å². The lowest BCUT2D eigenvalue weighted by Crippen LogP contribution is -2.47. The van der Waals surface area contributed by atoms with Gasteiger partial charge < -0.3 is 5.32 Å². The number of fused-ring (bicyclic) bond motifs is 2. The van der Waals surface area contributed by atoms with E-state index in [2.05, 4.69) is 44.8 Å². The van der Waals surface area contributed by atoms with Crippen molar-refractivity contribution in [2.45, 2.75) is 71.5 Å². The van der Waals surface area contributed by atoms with Crippen molar-refractivity contribution in [2.75, 3.05) is 13.1 Å². The molecule has 17 heavy (non-hydrogen) atoms. The zero-order chi connectivity index (χ0) is 12.6. The van der Waals surface area contributed by atoms with Gasteiger partial charge in [-0.15, -0.1) is 0 Å². The molecular weight excluding hydrogens is 208 g/mol. The fourth-order valence-electron chi connectivity index (χ4n) is 3.43. The summed E-state index contributed by atoms with van der Waals surface area (Å²) in [6.45, 7) is 14.1. The average molecular weight is 238 g/mol. The Kier molecular flexibility index (Phi) is 3.84. The summed E-state index contributed by atoms with van der Waals surface area (Å²) in [5, 5.41) is 3.64. The maximum Gasteiger partial charge on any atom is 0.0108 e. The average Bonchev–Trinajstić information content (AvgIpc) is 2.85. The second kappa shape index (κ2) is 4.89. The fraction of sp³-hybridized carbons (Fsp3) is 1.00. The molecule has 0 radical (unpaired) electrons. The minimum absolute atomic E-state index is 0.248. The lowest BCUT2D eigenvalue weighted by molar-refractivity contribution is 0.118. The van der Waals surface area contributed by atoms with Crippen LogP contribution in [-0.4, -0.2) is 35.6 Å². The van der Waals surface area contributed by atoms with E-state index in [-0.39, 0.29) is 5.54 Å². The van der Waals surface area contributed by atoms with Crippen LogP contribution >= 0.6 is 0 Å². The Hall–Kier alpha value is -0.0800. The van der Waals surface area contributed by atoms with Crippen LogP contribution in [0.1, 0.15) is 53.9 Å². The first-order chi connectivity index (χ1) is 7.87. The van der Waals surface area contributed by atoms with Crippen molar-refractivity contribution in [1.82, 2.24) is 10.2 Å². The molecule has 2 fully saturated rings. The van der Waals surface area contributed by atoms with E-state index in [1.165, 1.54) is 25.8 Å². The van der Waals surface area contributed by atoms with Gasteiger partial charge in [-0.25, -0.2) is 0 Å². The first-order valence-corrected chi connectivity index (χ1v) is 7.37. The van der Waals surface area contributed by atoms with E-state index in [4.69, 9.17) is 0 Å². The van der Waals surface area contributed by atoms with Crippen molar-refractivity contribution < 1.29 is 0 Å². The largest absolute Gasteiger partial charge is 0.312 e. The summed E-state index contributed by atoms with van der Waals surface area (Å²) >= 11 is 0. The molecule has 1 heterocycles. The number of piperidine rings is 1. The van der Waals surface area contributed by atoms with Crippen molar-refractivity contribution in [2.24, 2.45) is 11.8 Å². The minimum Gasteiger partial charge on any atom is -0.312 e. The summed E-state index contributed by atoms with van der Waals surface area (Å²) in [5.41, 5.74) is 0.248. The van der Waals surface area contributed by atoms with Crippen LogP contribution in [0.15, 0.2) is 0 Å². The Morgan fingerprint density at radius 2 is 1.94 bits per heavy atom. The number of rotatable bonds is 4. The van der Waals surface area contributed by atoms with Crippen LogP contribution in [0.2, 0.25) is 0 Å². The quantitative estimate of drug-likeness (QED) is 0.810. The predicted octanol–water partition coefficient (Wildman–Crippen LogP) is 2.88. The Morgan fingerprint density at radius 3 is 2.41 bits per heavy atom. The van der Waals surface area contributed by atoms with Gasteiger partial charge in [0, 0.05) is 24.2 Å². The molecule has 1 N–H and O–H groups in total. The van der Waals surface area contributed by atoms with Crippen LogP contribution < -0.4 is 5.32 Å². The number of nitrogens with one attached hydrogen (secondary N) is 1. The molecule has 0 aromatic carbocycles. The number of likely N-dealkylation sites (tertiary alicyclic amines) is 1. The third kappa shape index (κ3) is 3.23. The van der Waals surface area contributed by atoms with Crippen LogP contribution in [0.3, 0.4) is 0 Å². The molecule has 0 aromatic heterocycles. The van der Waals surface area contributed by atoms with Crippen LogP contribution in [0.5, 0.6) is 0 Å². The normalized spacial score (nSPS) is 33.0. The summed E-state index contributed by atoms with van der Waals surface area (Å²) in [6, 6.07) is 1.65. The molecule has 1 aliphatic heterocycles. The maximum absolute atomic E-state index is 3.64. The first kappa shape index (κ1) is 13.4. The molecule has 2 nitrogen and oxygen atoms in total. The Bertz CT molecular complexity index is 256. The van der Waals surface area contributed by atoms with E-state index in [9.17, 15) is 0 Å². The van der Waals surface area contributed by atoms with E-state index in [1.54, 1.807) is 0 Å². The fourth-order valence-corrected chi connectivity index (χ4v) is 3.43. The Balaban J connectivity index is 1.81. The number of hydrogen-bond donors (Lipinski definition) is 1. The molecule has 2 aliphatic rings. The highest BCUT2D eigenvalue weighted by molar-refractivity contribution is 4.95. The highest BCUT2D eigenvalue weighted by Crippen LogP contribution is 2.39. The van der Waals surface area contributed by atoms with E-state index >= 15 is 0 Å². The lowest BCUT2D eigenvalue weighted by Gasteiger charge is -2.37. The van der Waals surface area contributed by atoms with Gasteiger partial charge in [-0.05, 0) is 65.3 Å². The zero-order valence-corrected chi connectivity index (χ0v) is 12.3. The zero-order valence-electron chi connectivity index (χ0n) is 12.3. The van der Waals surface area contributed by atoms with Gasteiger partial charge >= 0.3 is 0 Å². The van der Waals surface area contributed by atoms with Crippen molar-refractivity contribution in [1.29, 1.82) is 0 Å². The van der Waals surface area contributed by atoms with Gasteiger partial charge in [-0.3, -0.25) is 4.90 Å². The van der Waals surface area contributed by atoms with Crippen LogP contribution in [0, 0.1) is 11.8 Å². The van der Waals surface area contributed by atoms with Crippen molar-refractivity contribution in [3.05, 3.63) is 0 Å². The first-order valence-electron chi connectivity index (χ1n) is 7.37. The minimum atomic E-state index is 0.248. The van der Waals surface area contributed by atoms with Crippen molar-refractivity contribution >= 4 is 0 Å². The van der Waals surface area contributed by atoms with Crippen LogP contribution in [0.4, 0.5) is 0 Å². The Labute approximate surface area is 107 Å². The molecule has 0 amide bonds. The Morgan fingerprint density at radius 1 is 1.24 bits per heavy atom. The lowest BCUT2D eigenvalue weighted by atomic mass is 9.98. The molecule has 0 aromatic rings. The summed E-state index contributed by atoms with van der Waals surface area (Å²) < 4.78 is 0. The topological polar surface area (TPSA) is 15.3 Å². The van der Waals surface area contributed by atoms with E-state index in [1.807, 2.05) is 0 Å². The number of nitrogens with zero attached hydrogens (tertiary/aromatic N) is 1. The third-order valence-electron chi connectivity index (χ3n) is 4.75. The maximum atomic E-state index is 3.64. The van der Waals surface area contributed by atoms with E-state index in [0.29, 0.717) is 0 Å². The highest BCUT2D eigenvalue weighted by atomic mass is 15.2. The molecule has 4 atom stereocenters. The molecule has 1 saturated heterocycles. The molecular formula is C15H30N2. The predicted molar refractivity (Wildman–Crippen MR) is 74.2 cm³/mol. The molecule has 2 rings (SSSR count). The third-order valence-corrected chi connectivity index (χ3v) is 4.75. The molecule has 1 saturated carbocycles. The summed E-state index contributed by atoms with van der Waals surface area (Å²) in [6.07, 6.45) is 4.42. The second-order valence-electron chi connectivity index (χ2n) is 7.38. The van der Waals surface area contributed by atoms with Crippen molar-refractivity contribution in [3.8, 4) is 0 Å². The molecule has 2 bridgehead atoms. The van der Waals surface area contributed by atoms with Crippen LogP contribution in [-0.2, 0) is 0 Å². The standard InChI is InChI=1S/C15H30N2/c1-11(9-16-15(3,4)5)12(2)17-10-13-6-7-14(17)8-13/h11-14,16H,6-10H2,1-5H3. The second-order valence-corrected chi connectivity index (χ2v) is 7.38. The van der Waals surface area contributed by atoms with Gasteiger partial charge in [0.05, 0.1) is 0 Å². The molecule has 100 valence electrons. The molecule has 2 heteroatoms. The smallest absolute Gasteiger partial charge is 0.0108 e. The highest BCUT2D eigenvalue weighted by Gasteiger charge is 2.40. The van der Waals surface area contributed by atoms with Gasteiger partial charge in [0.1, 0.15) is 0 Å². The SMILES string of the molecule is CC(CNC(C)(C)C)C(C)N1CC2CCC1C2. The van der Waals surface area contributed by atoms with Gasteiger partial charge in [0.2, 0.25) is 0 Å². The van der Waals surface area contributed by atoms with Crippen molar-refractivity contribution in [3.63, 3.8) is 0 Å². The van der Waals surface area contributed by atoms with E-state index < -0.39 is 0 Å². The number of hydrogen-bond acceptors (Lipinski definition) is 2. The van der Waals surface area contributed by atoms with Gasteiger partial charge in [0.15, 0.2) is 0 Å². The summed E-state index contributed by atoms with van der Waals surface area (Å²) in [7, 11) is 0. The van der Waals surface area contributed by atoms with E-state index in [0.717, 1.165) is 30.5 Å². The molecule has 4 unspecified atom stereocenters. The summed E-state index contributed by atoms with van der Waals surface area (Å²) in [4.78, 5) is 2.78.